The first kappa shape index (κ1) is 20.4. The fraction of sp³-hybridized carbons (Fsp3) is 0.864. The van der Waals surface area contributed by atoms with Crippen LogP contribution in [0, 0.1) is 34.5 Å². The van der Waals surface area contributed by atoms with E-state index in [-0.39, 0.29) is 24.3 Å². The first-order valence-electron chi connectivity index (χ1n) is 10.9. The van der Waals surface area contributed by atoms with E-state index in [0.29, 0.717) is 17.8 Å². The van der Waals surface area contributed by atoms with Gasteiger partial charge in [-0.3, -0.25) is 4.79 Å². The molecule has 6 nitrogen and oxygen atoms in total. The van der Waals surface area contributed by atoms with Gasteiger partial charge in [0.05, 0.1) is 12.6 Å². The Bertz CT molecular complexity index is 691. The van der Waals surface area contributed by atoms with E-state index in [1.807, 2.05) is 20.8 Å². The molecule has 4 aliphatic carbocycles. The van der Waals surface area contributed by atoms with E-state index in [1.165, 1.54) is 24.2 Å². The van der Waals surface area contributed by atoms with Crippen LogP contribution in [0.5, 0.6) is 0 Å². The van der Waals surface area contributed by atoms with Crippen LogP contribution < -0.4 is 5.32 Å². The number of ether oxygens (including phenoxy) is 1. The third kappa shape index (κ3) is 3.95. The van der Waals surface area contributed by atoms with Gasteiger partial charge < -0.3 is 15.0 Å². The van der Waals surface area contributed by atoms with E-state index in [4.69, 9.17) is 4.74 Å². The number of hydrogen-bond acceptors (Lipinski definition) is 4. The number of nitrogens with zero attached hydrogens (tertiary/aromatic N) is 2. The molecule has 4 bridgehead atoms. The number of carbonyl (C=O) groups is 2. The van der Waals surface area contributed by atoms with Crippen LogP contribution >= 0.6 is 0 Å². The standard InChI is InChI=1S/C22H32FN3O3/c1-21(2,3)25-20(28)29-18(19(27)26-12-16(23)7-17(26)11-24)22-8-13-4-14(9-22)6-15(5-13)10-22/h13-18H,4-10,12H2,1-3H3,(H,25,28)/t13?,14?,15?,16-,17-,18+,22?/m0/s1. The Kier molecular flexibility index (Phi) is 5.03. The zero-order valence-corrected chi connectivity index (χ0v) is 17.6. The third-order valence-electron chi connectivity index (χ3n) is 7.25. The lowest BCUT2D eigenvalue weighted by atomic mass is 9.48. The minimum atomic E-state index is -1.20. The van der Waals surface area contributed by atoms with Crippen LogP contribution in [-0.2, 0) is 9.53 Å². The number of nitriles is 1. The van der Waals surface area contributed by atoms with E-state index < -0.39 is 29.9 Å². The maximum absolute atomic E-state index is 14.0. The molecule has 7 heteroatoms. The number of halogens is 1. The van der Waals surface area contributed by atoms with E-state index in [9.17, 15) is 19.2 Å². The van der Waals surface area contributed by atoms with Crippen LogP contribution in [0.1, 0.15) is 65.7 Å². The number of likely N-dealkylation sites (tertiary alicyclic amines) is 1. The van der Waals surface area contributed by atoms with Crippen molar-refractivity contribution in [3.63, 3.8) is 0 Å². The number of hydrogen-bond donors (Lipinski definition) is 1. The van der Waals surface area contributed by atoms with Crippen molar-refractivity contribution >= 4 is 12.0 Å². The van der Waals surface area contributed by atoms with E-state index >= 15 is 0 Å². The van der Waals surface area contributed by atoms with Gasteiger partial charge in [-0.2, -0.15) is 5.26 Å². The van der Waals surface area contributed by atoms with Crippen LogP contribution in [0.2, 0.25) is 0 Å². The molecule has 5 fully saturated rings. The van der Waals surface area contributed by atoms with Crippen molar-refractivity contribution in [1.29, 1.82) is 5.26 Å². The average Bonchev–Trinajstić information content (AvgIpc) is 2.97. The van der Waals surface area contributed by atoms with Gasteiger partial charge in [-0.25, -0.2) is 9.18 Å². The maximum Gasteiger partial charge on any atom is 0.408 e. The van der Waals surface area contributed by atoms with Crippen molar-refractivity contribution in [3.05, 3.63) is 0 Å². The molecule has 1 N–H and O–H groups in total. The van der Waals surface area contributed by atoms with Crippen molar-refractivity contribution in [3.8, 4) is 6.07 Å². The number of alkyl carbamates (subject to hydrolysis) is 1. The summed E-state index contributed by atoms with van der Waals surface area (Å²) in [5.41, 5.74) is -0.867. The molecule has 29 heavy (non-hydrogen) atoms. The zero-order valence-electron chi connectivity index (χ0n) is 17.6. The zero-order chi connectivity index (χ0) is 21.0. The highest BCUT2D eigenvalue weighted by Gasteiger charge is 2.59. The highest BCUT2D eigenvalue weighted by molar-refractivity contribution is 5.85. The molecule has 5 aliphatic rings. The van der Waals surface area contributed by atoms with Gasteiger partial charge in [0, 0.05) is 17.4 Å². The molecule has 0 aromatic rings. The summed E-state index contributed by atoms with van der Waals surface area (Å²) in [7, 11) is 0. The van der Waals surface area contributed by atoms with Gasteiger partial charge in [0.2, 0.25) is 0 Å². The Morgan fingerprint density at radius 2 is 1.69 bits per heavy atom. The number of nitrogens with one attached hydrogen (secondary N) is 1. The molecule has 1 saturated heterocycles. The highest BCUT2D eigenvalue weighted by atomic mass is 19.1. The molecule has 0 aromatic heterocycles. The number of rotatable bonds is 3. The van der Waals surface area contributed by atoms with Gasteiger partial charge in [-0.15, -0.1) is 0 Å². The van der Waals surface area contributed by atoms with Crippen LogP contribution in [0.3, 0.4) is 0 Å². The Hall–Kier alpha value is -1.84. The van der Waals surface area contributed by atoms with Crippen LogP contribution in [-0.4, -0.2) is 47.3 Å². The summed E-state index contributed by atoms with van der Waals surface area (Å²) in [5.74, 6) is 1.34. The summed E-state index contributed by atoms with van der Waals surface area (Å²) in [4.78, 5) is 27.6. The summed E-state index contributed by atoms with van der Waals surface area (Å²) in [6.07, 6.45) is 3.50. The number of alkyl halides is 1. The molecule has 1 heterocycles. The maximum atomic E-state index is 14.0. The van der Waals surface area contributed by atoms with Crippen molar-refractivity contribution < 1.29 is 18.7 Å². The summed E-state index contributed by atoms with van der Waals surface area (Å²) in [5, 5.41) is 12.2. The van der Waals surface area contributed by atoms with E-state index in [2.05, 4.69) is 11.4 Å². The fourth-order valence-electron chi connectivity index (χ4n) is 6.68. The predicted octanol–water partition coefficient (Wildman–Crippen LogP) is 3.56. The first-order valence-corrected chi connectivity index (χ1v) is 10.9. The molecule has 4 saturated carbocycles. The highest BCUT2D eigenvalue weighted by Crippen LogP contribution is 2.62. The normalized spacial score (nSPS) is 39.1. The molecule has 1 aliphatic heterocycles. The molecular formula is C22H32FN3O3. The fourth-order valence-corrected chi connectivity index (χ4v) is 6.68. The van der Waals surface area contributed by atoms with Crippen LogP contribution in [0.25, 0.3) is 0 Å². The average molecular weight is 406 g/mol. The SMILES string of the molecule is CC(C)(C)NC(=O)O[C@H](C(=O)N1C[C@@H](F)C[C@H]1C#N)C12CC3CC(CC(C3)C1)C2. The van der Waals surface area contributed by atoms with E-state index in [0.717, 1.165) is 19.3 Å². The van der Waals surface area contributed by atoms with Crippen LogP contribution in [0.15, 0.2) is 0 Å². The lowest BCUT2D eigenvalue weighted by Gasteiger charge is -2.58. The molecule has 5 rings (SSSR count). The second-order valence-corrected chi connectivity index (χ2v) is 10.9. The first-order chi connectivity index (χ1) is 13.6. The van der Waals surface area contributed by atoms with Gasteiger partial charge in [-0.05, 0) is 77.0 Å². The second-order valence-electron chi connectivity index (χ2n) is 10.9. The Morgan fingerprint density at radius 3 is 2.17 bits per heavy atom. The molecule has 0 aromatic carbocycles. The molecule has 0 spiro atoms. The molecule has 160 valence electrons. The molecule has 0 radical (unpaired) electrons. The van der Waals surface area contributed by atoms with Gasteiger partial charge in [0.15, 0.2) is 6.10 Å². The quantitative estimate of drug-likeness (QED) is 0.778. The van der Waals surface area contributed by atoms with Crippen molar-refractivity contribution in [2.75, 3.05) is 6.54 Å². The third-order valence-corrected chi connectivity index (χ3v) is 7.25. The second kappa shape index (κ2) is 7.14. The summed E-state index contributed by atoms with van der Waals surface area (Å²) in [6.45, 7) is 5.48. The minimum absolute atomic E-state index is 0.0318. The predicted molar refractivity (Wildman–Crippen MR) is 104 cm³/mol. The van der Waals surface area contributed by atoms with Crippen molar-refractivity contribution in [2.24, 2.45) is 23.2 Å². The van der Waals surface area contributed by atoms with Gasteiger partial charge in [0.1, 0.15) is 12.2 Å². The summed E-state index contributed by atoms with van der Waals surface area (Å²) in [6, 6.07) is 1.27. The Labute approximate surface area is 172 Å². The van der Waals surface area contributed by atoms with Gasteiger partial charge in [-0.1, -0.05) is 0 Å². The molecular weight excluding hydrogens is 373 g/mol. The monoisotopic (exact) mass is 405 g/mol. The smallest absolute Gasteiger partial charge is 0.408 e. The lowest BCUT2D eigenvalue weighted by molar-refractivity contribution is -0.165. The van der Waals surface area contributed by atoms with Crippen molar-refractivity contribution in [2.45, 2.75) is 89.6 Å². The number of carbonyl (C=O) groups excluding carboxylic acids is 2. The van der Waals surface area contributed by atoms with Crippen molar-refractivity contribution in [1.82, 2.24) is 10.2 Å². The number of amides is 2. The summed E-state index contributed by atoms with van der Waals surface area (Å²) < 4.78 is 19.9. The largest absolute Gasteiger partial charge is 0.436 e. The topological polar surface area (TPSA) is 82.4 Å². The minimum Gasteiger partial charge on any atom is -0.436 e. The van der Waals surface area contributed by atoms with Gasteiger partial charge >= 0.3 is 6.09 Å². The van der Waals surface area contributed by atoms with E-state index in [1.54, 1.807) is 0 Å². The van der Waals surface area contributed by atoms with Gasteiger partial charge in [0.25, 0.3) is 5.91 Å². The Balaban J connectivity index is 1.62. The lowest BCUT2D eigenvalue weighted by Crippen LogP contribution is -2.59. The molecule has 0 unspecified atom stereocenters. The molecule has 2 amide bonds. The molecule has 3 atom stereocenters. The van der Waals surface area contributed by atoms with Crippen LogP contribution in [0.4, 0.5) is 9.18 Å². The summed E-state index contributed by atoms with van der Waals surface area (Å²) >= 11 is 0. The Morgan fingerprint density at radius 1 is 1.14 bits per heavy atom.